The van der Waals surface area contributed by atoms with Crippen molar-refractivity contribution in [3.8, 4) is 0 Å². The molecule has 0 unspecified atom stereocenters. The fourth-order valence-electron chi connectivity index (χ4n) is 1.53. The van der Waals surface area contributed by atoms with Crippen LogP contribution in [-0.2, 0) is 6.54 Å². The van der Waals surface area contributed by atoms with Crippen molar-refractivity contribution in [2.75, 3.05) is 34.7 Å². The first-order valence-corrected chi connectivity index (χ1v) is 5.46. The van der Waals surface area contributed by atoms with Gasteiger partial charge in [0.2, 0.25) is 0 Å². The molecule has 0 N–H and O–H groups in total. The van der Waals surface area contributed by atoms with Crippen LogP contribution in [0.25, 0.3) is 0 Å². The SMILES string of the molecule is CN(C)C(=NCCCn1ccnc1)N(C)C.I. The van der Waals surface area contributed by atoms with Crippen molar-refractivity contribution in [2.24, 2.45) is 4.99 Å². The Morgan fingerprint density at radius 1 is 1.24 bits per heavy atom. The van der Waals surface area contributed by atoms with Crippen molar-refractivity contribution in [3.05, 3.63) is 18.7 Å². The first-order chi connectivity index (χ1) is 7.61. The van der Waals surface area contributed by atoms with Crippen molar-refractivity contribution >= 4 is 29.9 Å². The average molecular weight is 351 g/mol. The van der Waals surface area contributed by atoms with Gasteiger partial charge >= 0.3 is 0 Å². The maximum Gasteiger partial charge on any atom is 0.195 e. The van der Waals surface area contributed by atoms with Gasteiger partial charge < -0.3 is 14.4 Å². The summed E-state index contributed by atoms with van der Waals surface area (Å²) < 4.78 is 2.07. The molecule has 0 aliphatic rings. The molecule has 1 rings (SSSR count). The number of nitrogens with zero attached hydrogens (tertiary/aromatic N) is 5. The van der Waals surface area contributed by atoms with Gasteiger partial charge in [0.25, 0.3) is 0 Å². The first kappa shape index (κ1) is 16.2. The van der Waals surface area contributed by atoms with E-state index in [1.54, 1.807) is 6.20 Å². The Balaban J connectivity index is 0.00000256. The van der Waals surface area contributed by atoms with Crippen LogP contribution in [0.5, 0.6) is 0 Å². The molecule has 0 amide bonds. The number of imidazole rings is 1. The molecule has 0 saturated carbocycles. The predicted octanol–water partition coefficient (Wildman–Crippen LogP) is 1.37. The Morgan fingerprint density at radius 2 is 1.88 bits per heavy atom. The number of guanidine groups is 1. The van der Waals surface area contributed by atoms with Gasteiger partial charge in [-0.05, 0) is 6.42 Å². The van der Waals surface area contributed by atoms with E-state index in [0.717, 1.165) is 25.5 Å². The van der Waals surface area contributed by atoms with Crippen molar-refractivity contribution < 1.29 is 0 Å². The molecule has 0 atom stereocenters. The third kappa shape index (κ3) is 5.90. The van der Waals surface area contributed by atoms with E-state index in [9.17, 15) is 0 Å². The van der Waals surface area contributed by atoms with Gasteiger partial charge in [-0.25, -0.2) is 4.98 Å². The van der Waals surface area contributed by atoms with Gasteiger partial charge in [-0.3, -0.25) is 4.99 Å². The highest BCUT2D eigenvalue weighted by Crippen LogP contribution is 1.94. The van der Waals surface area contributed by atoms with Crippen LogP contribution in [0.15, 0.2) is 23.7 Å². The Bertz CT molecular complexity index is 309. The van der Waals surface area contributed by atoms with Crippen molar-refractivity contribution in [2.45, 2.75) is 13.0 Å². The Labute approximate surface area is 121 Å². The van der Waals surface area contributed by atoms with Crippen molar-refractivity contribution in [1.82, 2.24) is 19.4 Å². The molecule has 0 saturated heterocycles. The van der Waals surface area contributed by atoms with Gasteiger partial charge in [0.1, 0.15) is 0 Å². The molecule has 98 valence electrons. The zero-order valence-electron chi connectivity index (χ0n) is 11.0. The van der Waals surface area contributed by atoms with Crippen LogP contribution in [0, 0.1) is 0 Å². The van der Waals surface area contributed by atoms with Gasteiger partial charge in [-0.15, -0.1) is 24.0 Å². The van der Waals surface area contributed by atoms with E-state index in [1.165, 1.54) is 0 Å². The molecular formula is C11H22IN5. The second-order valence-electron chi connectivity index (χ2n) is 4.12. The summed E-state index contributed by atoms with van der Waals surface area (Å²) in [6.45, 7) is 1.81. The summed E-state index contributed by atoms with van der Waals surface area (Å²) in [5, 5.41) is 0. The number of aliphatic imine (C=N–C) groups is 1. The molecule has 1 heterocycles. The molecule has 0 fully saturated rings. The van der Waals surface area contributed by atoms with Crippen LogP contribution >= 0.6 is 24.0 Å². The minimum Gasteiger partial charge on any atom is -0.349 e. The second kappa shape index (κ2) is 8.32. The Kier molecular flexibility index (Phi) is 7.94. The number of rotatable bonds is 4. The van der Waals surface area contributed by atoms with Crippen LogP contribution in [-0.4, -0.2) is 60.0 Å². The fourth-order valence-corrected chi connectivity index (χ4v) is 1.53. The van der Waals surface area contributed by atoms with Gasteiger partial charge in [0.05, 0.1) is 6.33 Å². The van der Waals surface area contributed by atoms with Gasteiger partial charge in [-0.1, -0.05) is 0 Å². The van der Waals surface area contributed by atoms with Crippen LogP contribution in [0.3, 0.4) is 0 Å². The maximum atomic E-state index is 4.56. The highest BCUT2D eigenvalue weighted by molar-refractivity contribution is 14.0. The number of halogens is 1. The van der Waals surface area contributed by atoms with Crippen LogP contribution < -0.4 is 0 Å². The molecule has 1 aromatic heterocycles. The largest absolute Gasteiger partial charge is 0.349 e. The summed E-state index contributed by atoms with van der Waals surface area (Å²) >= 11 is 0. The molecular weight excluding hydrogens is 329 g/mol. The summed E-state index contributed by atoms with van der Waals surface area (Å²) in [5.74, 6) is 1.01. The minimum atomic E-state index is 0. The fraction of sp³-hybridized carbons (Fsp3) is 0.636. The Morgan fingerprint density at radius 3 is 2.35 bits per heavy atom. The lowest BCUT2D eigenvalue weighted by Crippen LogP contribution is -2.35. The minimum absolute atomic E-state index is 0. The summed E-state index contributed by atoms with van der Waals surface area (Å²) in [7, 11) is 8.03. The molecule has 0 aliphatic carbocycles. The number of aromatic nitrogens is 2. The lowest BCUT2D eigenvalue weighted by molar-refractivity contribution is 0.477. The smallest absolute Gasteiger partial charge is 0.195 e. The lowest BCUT2D eigenvalue weighted by atomic mass is 10.4. The number of hydrogen-bond donors (Lipinski definition) is 0. The maximum absolute atomic E-state index is 4.56. The molecule has 0 bridgehead atoms. The van der Waals surface area contributed by atoms with Gasteiger partial charge in [-0.2, -0.15) is 0 Å². The molecule has 0 radical (unpaired) electrons. The van der Waals surface area contributed by atoms with Gasteiger partial charge in [0, 0.05) is 53.7 Å². The van der Waals surface area contributed by atoms with Gasteiger partial charge in [0.15, 0.2) is 5.96 Å². The zero-order valence-corrected chi connectivity index (χ0v) is 13.3. The third-order valence-corrected chi connectivity index (χ3v) is 2.19. The molecule has 5 nitrogen and oxygen atoms in total. The van der Waals surface area contributed by atoms with Crippen molar-refractivity contribution in [3.63, 3.8) is 0 Å². The quantitative estimate of drug-likeness (QED) is 0.356. The summed E-state index contributed by atoms with van der Waals surface area (Å²) in [5.41, 5.74) is 0. The highest BCUT2D eigenvalue weighted by atomic mass is 127. The standard InChI is InChI=1S/C11H21N5.HI/c1-14(2)11(15(3)4)13-6-5-8-16-9-7-12-10-16;/h7,9-10H,5-6,8H2,1-4H3;1H. The van der Waals surface area contributed by atoms with E-state index in [1.807, 2.05) is 50.5 Å². The van der Waals surface area contributed by atoms with E-state index in [2.05, 4.69) is 14.5 Å². The topological polar surface area (TPSA) is 36.7 Å². The third-order valence-electron chi connectivity index (χ3n) is 2.19. The predicted molar refractivity (Wildman–Crippen MR) is 81.9 cm³/mol. The second-order valence-corrected chi connectivity index (χ2v) is 4.12. The zero-order chi connectivity index (χ0) is 12.0. The Hall–Kier alpha value is -0.790. The van der Waals surface area contributed by atoms with Crippen molar-refractivity contribution in [1.29, 1.82) is 0 Å². The molecule has 0 spiro atoms. The van der Waals surface area contributed by atoms with E-state index < -0.39 is 0 Å². The molecule has 1 aromatic rings. The normalized spacial score (nSPS) is 9.41. The van der Waals surface area contributed by atoms with Crippen LogP contribution in [0.4, 0.5) is 0 Å². The molecule has 0 aromatic carbocycles. The van der Waals surface area contributed by atoms with Crippen LogP contribution in [0.2, 0.25) is 0 Å². The lowest BCUT2D eigenvalue weighted by Gasteiger charge is -2.22. The van der Waals surface area contributed by atoms with E-state index in [4.69, 9.17) is 0 Å². The van der Waals surface area contributed by atoms with E-state index >= 15 is 0 Å². The number of hydrogen-bond acceptors (Lipinski definition) is 2. The van der Waals surface area contributed by atoms with E-state index in [0.29, 0.717) is 0 Å². The van der Waals surface area contributed by atoms with Crippen LogP contribution in [0.1, 0.15) is 6.42 Å². The molecule has 0 aliphatic heterocycles. The summed E-state index contributed by atoms with van der Waals surface area (Å²) in [6.07, 6.45) is 6.64. The summed E-state index contributed by atoms with van der Waals surface area (Å²) in [4.78, 5) is 12.6. The first-order valence-electron chi connectivity index (χ1n) is 5.46. The monoisotopic (exact) mass is 351 g/mol. The van der Waals surface area contributed by atoms with E-state index in [-0.39, 0.29) is 24.0 Å². The molecule has 17 heavy (non-hydrogen) atoms. The molecule has 6 heteroatoms. The highest BCUT2D eigenvalue weighted by Gasteiger charge is 2.02. The average Bonchev–Trinajstić information content (AvgIpc) is 2.68. The number of aryl methyl sites for hydroxylation is 1. The summed E-state index contributed by atoms with van der Waals surface area (Å²) in [6, 6.07) is 0.